The van der Waals surface area contributed by atoms with Crippen LogP contribution in [0.25, 0.3) is 0 Å². The van der Waals surface area contributed by atoms with E-state index in [1.54, 1.807) is 25.1 Å². The van der Waals surface area contributed by atoms with Gasteiger partial charge in [-0.15, -0.1) is 0 Å². The van der Waals surface area contributed by atoms with Crippen molar-refractivity contribution in [3.05, 3.63) is 47.5 Å². The lowest BCUT2D eigenvalue weighted by Crippen LogP contribution is -2.67. The van der Waals surface area contributed by atoms with Crippen LogP contribution in [0.5, 0.6) is 0 Å². The summed E-state index contributed by atoms with van der Waals surface area (Å²) >= 11 is 0. The van der Waals surface area contributed by atoms with Gasteiger partial charge in [-0.3, -0.25) is 4.79 Å². The van der Waals surface area contributed by atoms with Crippen LogP contribution >= 0.6 is 0 Å². The molecule has 0 heterocycles. The summed E-state index contributed by atoms with van der Waals surface area (Å²) in [5, 5.41) is 9.68. The van der Waals surface area contributed by atoms with Crippen LogP contribution in [0.2, 0.25) is 0 Å². The molecular formula is C40H56O6. The lowest BCUT2D eigenvalue weighted by molar-refractivity contribution is -0.251. The highest BCUT2D eigenvalue weighted by Gasteiger charge is 2.71. The molecule has 0 radical (unpaired) electrons. The van der Waals surface area contributed by atoms with Gasteiger partial charge < -0.3 is 14.6 Å². The van der Waals surface area contributed by atoms with Crippen LogP contribution in [0.4, 0.5) is 0 Å². The molecule has 1 aromatic carbocycles. The van der Waals surface area contributed by atoms with E-state index in [1.807, 2.05) is 0 Å². The number of fused-ring (bicyclic) bond motifs is 7. The van der Waals surface area contributed by atoms with Gasteiger partial charge in [-0.2, -0.15) is 0 Å². The number of carboxylic acids is 1. The summed E-state index contributed by atoms with van der Waals surface area (Å²) in [6.07, 6.45) is 11.0. The van der Waals surface area contributed by atoms with E-state index in [2.05, 4.69) is 48.1 Å². The molecule has 1 aromatic rings. The molecule has 1 N–H and O–H groups in total. The molecule has 252 valence electrons. The van der Waals surface area contributed by atoms with E-state index < -0.39 is 11.9 Å². The van der Waals surface area contributed by atoms with E-state index in [1.165, 1.54) is 30.9 Å². The van der Waals surface area contributed by atoms with Crippen molar-refractivity contribution in [2.45, 2.75) is 119 Å². The molecule has 0 aliphatic heterocycles. The third kappa shape index (κ3) is 4.73. The topological polar surface area (TPSA) is 89.9 Å². The van der Waals surface area contributed by atoms with E-state index in [-0.39, 0.29) is 50.3 Å². The predicted molar refractivity (Wildman–Crippen MR) is 178 cm³/mol. The SMILES string of the molecule is C=C(C)[C@@H]1CC[C@]2(COC(=O)c3ccccc3C(=O)O)CC[C@]3(C)[C@H](CC[C@@H]4[C@@]5(C)CC[C@H](OC(C)=O)C(C)(C)[C@H]5CC[C@]43C)[C@@H]12. The van der Waals surface area contributed by atoms with Gasteiger partial charge in [0.2, 0.25) is 0 Å². The van der Waals surface area contributed by atoms with Gasteiger partial charge in [0.25, 0.3) is 0 Å². The molecule has 0 spiro atoms. The fourth-order valence-corrected chi connectivity index (χ4v) is 13.1. The van der Waals surface area contributed by atoms with Crippen molar-refractivity contribution in [2.75, 3.05) is 6.61 Å². The zero-order chi connectivity index (χ0) is 33.4. The lowest BCUT2D eigenvalue weighted by atomic mass is 9.32. The fraction of sp³-hybridized carbons (Fsp3) is 0.725. The molecule has 5 saturated carbocycles. The lowest BCUT2D eigenvalue weighted by Gasteiger charge is -2.73. The van der Waals surface area contributed by atoms with Gasteiger partial charge in [0, 0.05) is 17.8 Å². The molecule has 6 nitrogen and oxygen atoms in total. The van der Waals surface area contributed by atoms with E-state index in [0.717, 1.165) is 44.9 Å². The van der Waals surface area contributed by atoms with Crippen molar-refractivity contribution in [3.8, 4) is 0 Å². The summed E-state index contributed by atoms with van der Waals surface area (Å²) in [7, 11) is 0. The number of benzene rings is 1. The maximum atomic E-state index is 13.4. The Labute approximate surface area is 276 Å². The summed E-state index contributed by atoms with van der Waals surface area (Å²) < 4.78 is 12.0. The van der Waals surface area contributed by atoms with Crippen molar-refractivity contribution in [3.63, 3.8) is 0 Å². The molecule has 5 fully saturated rings. The smallest absolute Gasteiger partial charge is 0.339 e. The number of rotatable bonds is 6. The van der Waals surface area contributed by atoms with Gasteiger partial charge in [-0.25, -0.2) is 9.59 Å². The zero-order valence-electron chi connectivity index (χ0n) is 29.2. The second-order valence-corrected chi connectivity index (χ2v) is 17.4. The number of allylic oxidation sites excluding steroid dienone is 1. The third-order valence-corrected chi connectivity index (χ3v) is 15.4. The Morgan fingerprint density at radius 2 is 1.52 bits per heavy atom. The van der Waals surface area contributed by atoms with E-state index in [4.69, 9.17) is 9.47 Å². The number of carboxylic acid groups (broad SMARTS) is 1. The highest BCUT2D eigenvalue weighted by atomic mass is 16.5. The predicted octanol–water partition coefficient (Wildman–Crippen LogP) is 9.13. The molecule has 5 aliphatic carbocycles. The van der Waals surface area contributed by atoms with Crippen LogP contribution in [0.3, 0.4) is 0 Å². The number of carbonyl (C=O) groups excluding carboxylic acids is 2. The molecule has 0 unspecified atom stereocenters. The minimum atomic E-state index is -1.11. The van der Waals surface area contributed by atoms with Crippen molar-refractivity contribution >= 4 is 17.9 Å². The van der Waals surface area contributed by atoms with Gasteiger partial charge in [-0.1, -0.05) is 58.9 Å². The molecule has 10 atom stereocenters. The molecule has 0 bridgehead atoms. The Bertz CT molecular complexity index is 1430. The van der Waals surface area contributed by atoms with Gasteiger partial charge in [0.05, 0.1) is 17.7 Å². The monoisotopic (exact) mass is 632 g/mol. The van der Waals surface area contributed by atoms with E-state index >= 15 is 0 Å². The molecule has 5 aliphatic rings. The first-order valence-corrected chi connectivity index (χ1v) is 17.8. The van der Waals surface area contributed by atoms with Crippen LogP contribution in [0.1, 0.15) is 133 Å². The normalized spacial score (nSPS) is 42.4. The fourth-order valence-electron chi connectivity index (χ4n) is 13.1. The van der Waals surface area contributed by atoms with Gasteiger partial charge in [-0.05, 0) is 129 Å². The average molecular weight is 633 g/mol. The minimum absolute atomic E-state index is 0.00980. The Hall–Kier alpha value is -2.63. The van der Waals surface area contributed by atoms with Crippen molar-refractivity contribution in [2.24, 2.45) is 56.7 Å². The first-order chi connectivity index (χ1) is 21.5. The summed E-state index contributed by atoms with van der Waals surface area (Å²) in [4.78, 5) is 37.2. The second kappa shape index (κ2) is 11.2. The first-order valence-electron chi connectivity index (χ1n) is 17.8. The summed E-state index contributed by atoms with van der Waals surface area (Å²) in [6.45, 7) is 21.1. The average Bonchev–Trinajstić information content (AvgIpc) is 3.38. The van der Waals surface area contributed by atoms with Crippen molar-refractivity contribution < 1.29 is 29.0 Å². The Kier molecular flexibility index (Phi) is 8.12. The Morgan fingerprint density at radius 1 is 0.826 bits per heavy atom. The Morgan fingerprint density at radius 3 is 2.17 bits per heavy atom. The van der Waals surface area contributed by atoms with Gasteiger partial charge in [0.15, 0.2) is 0 Å². The quantitative estimate of drug-likeness (QED) is 0.249. The number of hydrogen-bond donors (Lipinski definition) is 1. The third-order valence-electron chi connectivity index (χ3n) is 15.4. The summed E-state index contributed by atoms with van der Waals surface area (Å²) in [6, 6.07) is 6.37. The van der Waals surface area contributed by atoms with E-state index in [0.29, 0.717) is 36.2 Å². The van der Waals surface area contributed by atoms with Crippen LogP contribution in [0.15, 0.2) is 36.4 Å². The summed E-state index contributed by atoms with van der Waals surface area (Å²) in [5.74, 6) is 0.625. The number of hydrogen-bond acceptors (Lipinski definition) is 5. The van der Waals surface area contributed by atoms with Crippen LogP contribution in [0, 0.1) is 56.7 Å². The number of aromatic carboxylic acids is 1. The molecule has 0 amide bonds. The van der Waals surface area contributed by atoms with Crippen LogP contribution < -0.4 is 0 Å². The standard InChI is InChI=1S/C40H56O6/c1-24(2)26-15-20-40(23-45-35(44)28-12-10-9-11-27(28)34(42)43)22-21-38(7)29(33(26)40)13-14-31-37(6)18-17-32(46-25(3)41)36(4,5)30(37)16-19-39(31,38)8/h9-12,26,29-33H,1,13-23H2,2-8H3,(H,42,43)/t26-,29+,30+,31+,32-,33+,37-,38+,39+,40+/m0/s1. The number of carbonyl (C=O) groups is 3. The van der Waals surface area contributed by atoms with Crippen molar-refractivity contribution in [1.82, 2.24) is 0 Å². The van der Waals surface area contributed by atoms with Crippen LogP contribution in [-0.2, 0) is 14.3 Å². The van der Waals surface area contributed by atoms with E-state index in [9.17, 15) is 19.5 Å². The molecule has 6 heteroatoms. The second-order valence-electron chi connectivity index (χ2n) is 17.4. The number of esters is 2. The van der Waals surface area contributed by atoms with Gasteiger partial charge >= 0.3 is 17.9 Å². The largest absolute Gasteiger partial charge is 0.478 e. The molecular weight excluding hydrogens is 576 g/mol. The summed E-state index contributed by atoms with van der Waals surface area (Å²) in [5.41, 5.74) is 1.74. The highest BCUT2D eigenvalue weighted by molar-refractivity contribution is 6.02. The number of ether oxygens (including phenoxy) is 2. The maximum absolute atomic E-state index is 13.4. The zero-order valence-corrected chi connectivity index (χ0v) is 29.2. The van der Waals surface area contributed by atoms with Gasteiger partial charge in [0.1, 0.15) is 6.10 Å². The van der Waals surface area contributed by atoms with Crippen LogP contribution in [-0.4, -0.2) is 35.7 Å². The Balaban J connectivity index is 1.30. The van der Waals surface area contributed by atoms with Crippen molar-refractivity contribution in [1.29, 1.82) is 0 Å². The minimum Gasteiger partial charge on any atom is -0.478 e. The molecule has 46 heavy (non-hydrogen) atoms. The molecule has 0 saturated heterocycles. The molecule has 6 rings (SSSR count). The highest BCUT2D eigenvalue weighted by Crippen LogP contribution is 2.77. The molecule has 0 aromatic heterocycles. The first kappa shape index (κ1) is 33.3. The maximum Gasteiger partial charge on any atom is 0.339 e.